The van der Waals surface area contributed by atoms with Crippen LogP contribution in [0.3, 0.4) is 0 Å². The first kappa shape index (κ1) is 12.3. The fraction of sp³-hybridized carbons (Fsp3) is 0.176. The summed E-state index contributed by atoms with van der Waals surface area (Å²) in [5, 5.41) is 7.55. The fourth-order valence-corrected chi connectivity index (χ4v) is 2.71. The lowest BCUT2D eigenvalue weighted by Gasteiger charge is -2.23. The van der Waals surface area contributed by atoms with Crippen LogP contribution in [0.5, 0.6) is 0 Å². The maximum atomic E-state index is 5.45. The summed E-state index contributed by atoms with van der Waals surface area (Å²) in [5.41, 5.74) is 3.67. The molecule has 1 aromatic heterocycles. The highest BCUT2D eigenvalue weighted by molar-refractivity contribution is 5.53. The summed E-state index contributed by atoms with van der Waals surface area (Å²) in [6.45, 7) is 0.837. The molecule has 1 aliphatic heterocycles. The van der Waals surface area contributed by atoms with Gasteiger partial charge in [-0.1, -0.05) is 59.8 Å². The van der Waals surface area contributed by atoms with E-state index >= 15 is 0 Å². The van der Waals surface area contributed by atoms with Crippen molar-refractivity contribution in [1.29, 1.82) is 0 Å². The van der Waals surface area contributed by atoms with Gasteiger partial charge in [-0.15, -0.1) is 0 Å². The Morgan fingerprint density at radius 3 is 2.57 bits per heavy atom. The molecule has 1 atom stereocenters. The number of fused-ring (bicyclic) bond motifs is 1. The molecule has 21 heavy (non-hydrogen) atoms. The van der Waals surface area contributed by atoms with Gasteiger partial charge in [0.2, 0.25) is 11.7 Å². The molecule has 0 aliphatic carbocycles. The Labute approximate surface area is 122 Å². The summed E-state index contributed by atoms with van der Waals surface area (Å²) < 4.78 is 5.45. The second kappa shape index (κ2) is 5.14. The molecule has 0 radical (unpaired) electrons. The predicted molar refractivity (Wildman–Crippen MR) is 79.5 cm³/mol. The summed E-state index contributed by atoms with van der Waals surface area (Å²) in [5.74, 6) is 1.30. The van der Waals surface area contributed by atoms with Gasteiger partial charge in [0.25, 0.3) is 0 Å². The fourth-order valence-electron chi connectivity index (χ4n) is 2.71. The zero-order valence-electron chi connectivity index (χ0n) is 11.5. The third kappa shape index (κ3) is 2.34. The normalized spacial score (nSPS) is 17.4. The number of nitrogens with one attached hydrogen (secondary N) is 1. The highest BCUT2D eigenvalue weighted by Crippen LogP contribution is 2.26. The number of benzene rings is 2. The van der Waals surface area contributed by atoms with Crippen LogP contribution in [0.4, 0.5) is 0 Å². The van der Waals surface area contributed by atoms with Crippen molar-refractivity contribution in [2.24, 2.45) is 0 Å². The third-order valence-electron chi connectivity index (χ3n) is 3.85. The molecule has 1 aliphatic rings. The largest absolute Gasteiger partial charge is 0.337 e. The van der Waals surface area contributed by atoms with E-state index in [4.69, 9.17) is 4.52 Å². The van der Waals surface area contributed by atoms with Crippen molar-refractivity contribution in [3.05, 3.63) is 71.6 Å². The molecule has 0 fully saturated rings. The molecule has 0 spiro atoms. The second-order valence-electron chi connectivity index (χ2n) is 5.23. The summed E-state index contributed by atoms with van der Waals surface area (Å²) >= 11 is 0. The van der Waals surface area contributed by atoms with Crippen LogP contribution in [0.15, 0.2) is 59.1 Å². The summed E-state index contributed by atoms with van der Waals surface area (Å²) in [4.78, 5) is 4.54. The Morgan fingerprint density at radius 1 is 0.952 bits per heavy atom. The third-order valence-corrected chi connectivity index (χ3v) is 3.85. The van der Waals surface area contributed by atoms with Gasteiger partial charge in [0, 0.05) is 12.1 Å². The van der Waals surface area contributed by atoms with E-state index in [9.17, 15) is 0 Å². The Hall–Kier alpha value is -2.46. The lowest BCUT2D eigenvalue weighted by atomic mass is 9.96. The van der Waals surface area contributed by atoms with Gasteiger partial charge in [-0.3, -0.25) is 0 Å². The van der Waals surface area contributed by atoms with E-state index in [0.29, 0.717) is 11.7 Å². The van der Waals surface area contributed by atoms with Gasteiger partial charge in [0.15, 0.2) is 0 Å². The van der Waals surface area contributed by atoms with E-state index in [2.05, 4.69) is 39.7 Å². The number of hydrogen-bond donors (Lipinski definition) is 1. The Balaban J connectivity index is 1.60. The first-order valence-electron chi connectivity index (χ1n) is 7.09. The minimum absolute atomic E-state index is 0.0878. The minimum atomic E-state index is 0.0878. The number of nitrogens with zero attached hydrogens (tertiary/aromatic N) is 2. The van der Waals surface area contributed by atoms with Crippen LogP contribution in [-0.2, 0) is 13.0 Å². The van der Waals surface area contributed by atoms with Gasteiger partial charge < -0.3 is 9.84 Å². The molecule has 4 heteroatoms. The maximum Gasteiger partial charge on any atom is 0.244 e. The van der Waals surface area contributed by atoms with Crippen LogP contribution in [-0.4, -0.2) is 10.1 Å². The highest BCUT2D eigenvalue weighted by Gasteiger charge is 2.24. The van der Waals surface area contributed by atoms with Crippen molar-refractivity contribution < 1.29 is 4.52 Å². The number of aromatic nitrogens is 2. The number of rotatable bonds is 2. The molecule has 2 aromatic carbocycles. The van der Waals surface area contributed by atoms with E-state index in [1.54, 1.807) is 0 Å². The van der Waals surface area contributed by atoms with Crippen molar-refractivity contribution in [3.63, 3.8) is 0 Å². The molecule has 2 heterocycles. The zero-order valence-corrected chi connectivity index (χ0v) is 11.5. The Kier molecular flexibility index (Phi) is 3.01. The van der Waals surface area contributed by atoms with Crippen molar-refractivity contribution in [3.8, 4) is 11.4 Å². The average Bonchev–Trinajstić information content (AvgIpc) is 3.05. The molecule has 3 aromatic rings. The maximum absolute atomic E-state index is 5.45. The zero-order chi connectivity index (χ0) is 14.1. The molecule has 0 saturated carbocycles. The molecule has 1 unspecified atom stereocenters. The van der Waals surface area contributed by atoms with E-state index in [0.717, 1.165) is 18.5 Å². The van der Waals surface area contributed by atoms with E-state index in [1.165, 1.54) is 11.1 Å². The topological polar surface area (TPSA) is 51.0 Å². The van der Waals surface area contributed by atoms with Gasteiger partial charge in [-0.2, -0.15) is 4.98 Å². The van der Waals surface area contributed by atoms with Crippen LogP contribution in [0.1, 0.15) is 23.1 Å². The van der Waals surface area contributed by atoms with Crippen molar-refractivity contribution in [2.45, 2.75) is 19.0 Å². The molecule has 4 rings (SSSR count). The molecular formula is C17H15N3O. The van der Waals surface area contributed by atoms with Gasteiger partial charge in [0.1, 0.15) is 0 Å². The van der Waals surface area contributed by atoms with E-state index < -0.39 is 0 Å². The Bertz CT molecular complexity index is 751. The minimum Gasteiger partial charge on any atom is -0.337 e. The molecule has 4 nitrogen and oxygen atoms in total. The van der Waals surface area contributed by atoms with Crippen LogP contribution in [0.2, 0.25) is 0 Å². The molecular weight excluding hydrogens is 262 g/mol. The summed E-state index contributed by atoms with van der Waals surface area (Å²) in [6.07, 6.45) is 0.882. The number of hydrogen-bond acceptors (Lipinski definition) is 4. The predicted octanol–water partition coefficient (Wildman–Crippen LogP) is 3.12. The Morgan fingerprint density at radius 2 is 1.71 bits per heavy atom. The van der Waals surface area contributed by atoms with Crippen molar-refractivity contribution in [1.82, 2.24) is 15.5 Å². The first-order valence-corrected chi connectivity index (χ1v) is 7.09. The summed E-state index contributed by atoms with van der Waals surface area (Å²) in [7, 11) is 0. The highest BCUT2D eigenvalue weighted by atomic mass is 16.5. The SMILES string of the molecule is c1ccc(-c2noc(C3Cc4ccccc4CN3)n2)cc1. The van der Waals surface area contributed by atoms with E-state index in [1.807, 2.05) is 30.3 Å². The van der Waals surface area contributed by atoms with Crippen molar-refractivity contribution >= 4 is 0 Å². The van der Waals surface area contributed by atoms with Crippen molar-refractivity contribution in [2.75, 3.05) is 0 Å². The van der Waals surface area contributed by atoms with Crippen LogP contribution in [0, 0.1) is 0 Å². The molecule has 1 N–H and O–H groups in total. The van der Waals surface area contributed by atoms with E-state index in [-0.39, 0.29) is 6.04 Å². The van der Waals surface area contributed by atoms with Gasteiger partial charge in [-0.25, -0.2) is 0 Å². The molecule has 0 saturated heterocycles. The van der Waals surface area contributed by atoms with Crippen LogP contribution < -0.4 is 5.32 Å². The molecule has 0 bridgehead atoms. The van der Waals surface area contributed by atoms with Gasteiger partial charge in [-0.05, 0) is 17.5 Å². The summed E-state index contributed by atoms with van der Waals surface area (Å²) in [6, 6.07) is 18.4. The monoisotopic (exact) mass is 277 g/mol. The molecule has 104 valence electrons. The smallest absolute Gasteiger partial charge is 0.244 e. The quantitative estimate of drug-likeness (QED) is 0.782. The lowest BCUT2D eigenvalue weighted by molar-refractivity contribution is 0.321. The van der Waals surface area contributed by atoms with Gasteiger partial charge >= 0.3 is 0 Å². The molecule has 0 amide bonds. The second-order valence-corrected chi connectivity index (χ2v) is 5.23. The standard InChI is InChI=1S/C17H15N3O/c1-2-6-12(7-3-1)16-19-17(21-20-16)15-10-13-8-4-5-9-14(13)11-18-15/h1-9,15,18H,10-11H2. The average molecular weight is 277 g/mol. The first-order chi connectivity index (χ1) is 10.4. The van der Waals surface area contributed by atoms with Crippen LogP contribution >= 0.6 is 0 Å². The van der Waals surface area contributed by atoms with Crippen LogP contribution in [0.25, 0.3) is 11.4 Å². The lowest BCUT2D eigenvalue weighted by Crippen LogP contribution is -2.28. The van der Waals surface area contributed by atoms with Gasteiger partial charge in [0.05, 0.1) is 6.04 Å².